The Morgan fingerprint density at radius 1 is 1.00 bits per heavy atom. The molecule has 2 aromatic rings. The minimum atomic E-state index is -0.925. The highest BCUT2D eigenvalue weighted by atomic mass is 16.7. The van der Waals surface area contributed by atoms with Crippen molar-refractivity contribution in [3.63, 3.8) is 0 Å². The van der Waals surface area contributed by atoms with Crippen LogP contribution in [0.15, 0.2) is 60.7 Å². The maximum Gasteiger partial charge on any atom is 0.308 e. The summed E-state index contributed by atoms with van der Waals surface area (Å²) in [6.07, 6.45) is 1.08. The van der Waals surface area contributed by atoms with Gasteiger partial charge in [-0.2, -0.15) is 0 Å². The van der Waals surface area contributed by atoms with Crippen LogP contribution in [0.4, 0.5) is 0 Å². The Bertz CT molecular complexity index is 613. The molecule has 1 atom stereocenters. The van der Waals surface area contributed by atoms with Crippen molar-refractivity contribution in [1.29, 1.82) is 0 Å². The van der Waals surface area contributed by atoms with Gasteiger partial charge in [-0.15, -0.1) is 0 Å². The minimum absolute atomic E-state index is 0.0321. The third-order valence-electron chi connectivity index (χ3n) is 3.94. The Balaban J connectivity index is 1.93. The van der Waals surface area contributed by atoms with Gasteiger partial charge in [-0.05, 0) is 24.0 Å². The van der Waals surface area contributed by atoms with Crippen molar-refractivity contribution >= 4 is 11.9 Å². The summed E-state index contributed by atoms with van der Waals surface area (Å²) in [5, 5.41) is 10.6. The number of nitrogens with zero attached hydrogens (tertiary/aromatic N) is 1. The fourth-order valence-electron chi connectivity index (χ4n) is 2.48. The fraction of sp³-hybridized carbons (Fsp3) is 0.300. The first-order chi connectivity index (χ1) is 12.1. The van der Waals surface area contributed by atoms with Gasteiger partial charge in [-0.1, -0.05) is 60.7 Å². The lowest BCUT2D eigenvalue weighted by atomic mass is 9.99. The SMILES string of the molecule is CC(=O)N(CC(CCc1ccccc1)C(=O)O)OCc1ccccc1. The maximum atomic E-state index is 11.8. The quantitative estimate of drug-likeness (QED) is 0.711. The van der Waals surface area contributed by atoms with Gasteiger partial charge in [0.05, 0.1) is 12.5 Å². The Morgan fingerprint density at radius 3 is 2.08 bits per heavy atom. The third kappa shape index (κ3) is 6.39. The van der Waals surface area contributed by atoms with E-state index >= 15 is 0 Å². The Morgan fingerprint density at radius 2 is 1.56 bits per heavy atom. The monoisotopic (exact) mass is 341 g/mol. The molecule has 1 N–H and O–H groups in total. The molecule has 0 bridgehead atoms. The van der Waals surface area contributed by atoms with E-state index in [-0.39, 0.29) is 19.1 Å². The molecular formula is C20H23NO4. The molecule has 1 unspecified atom stereocenters. The molecule has 25 heavy (non-hydrogen) atoms. The summed E-state index contributed by atoms with van der Waals surface area (Å²) < 4.78 is 0. The minimum Gasteiger partial charge on any atom is -0.481 e. The fourth-order valence-corrected chi connectivity index (χ4v) is 2.48. The summed E-state index contributed by atoms with van der Waals surface area (Å²) in [6.45, 7) is 1.64. The van der Waals surface area contributed by atoms with E-state index in [1.54, 1.807) is 0 Å². The Hall–Kier alpha value is -2.66. The normalized spacial score (nSPS) is 11.7. The second-order valence-electron chi connectivity index (χ2n) is 5.90. The first-order valence-electron chi connectivity index (χ1n) is 8.28. The van der Waals surface area contributed by atoms with Gasteiger partial charge in [0.2, 0.25) is 5.91 Å². The van der Waals surface area contributed by atoms with E-state index in [0.717, 1.165) is 16.2 Å². The second kappa shape index (κ2) is 9.59. The summed E-state index contributed by atoms with van der Waals surface area (Å²) in [4.78, 5) is 28.9. The largest absolute Gasteiger partial charge is 0.481 e. The van der Waals surface area contributed by atoms with Gasteiger partial charge in [0.25, 0.3) is 0 Å². The van der Waals surface area contributed by atoms with Crippen LogP contribution in [0.25, 0.3) is 0 Å². The second-order valence-corrected chi connectivity index (χ2v) is 5.90. The number of hydrogen-bond acceptors (Lipinski definition) is 3. The lowest BCUT2D eigenvalue weighted by molar-refractivity contribution is -0.194. The average molecular weight is 341 g/mol. The van der Waals surface area contributed by atoms with Crippen LogP contribution in [0, 0.1) is 5.92 Å². The number of aliphatic carboxylic acids is 1. The van der Waals surface area contributed by atoms with Crippen molar-refractivity contribution in [1.82, 2.24) is 5.06 Å². The zero-order chi connectivity index (χ0) is 18.1. The number of hydrogen-bond donors (Lipinski definition) is 1. The Labute approximate surface area is 147 Å². The van der Waals surface area contributed by atoms with Gasteiger partial charge >= 0.3 is 5.97 Å². The molecule has 0 fully saturated rings. The van der Waals surface area contributed by atoms with Crippen molar-refractivity contribution in [2.75, 3.05) is 6.54 Å². The summed E-state index contributed by atoms with van der Waals surface area (Å²) in [6, 6.07) is 19.2. The van der Waals surface area contributed by atoms with Crippen LogP contribution in [-0.2, 0) is 27.5 Å². The predicted octanol–water partition coefficient (Wildman–Crippen LogP) is 3.30. The van der Waals surface area contributed by atoms with Crippen LogP contribution in [0.5, 0.6) is 0 Å². The van der Waals surface area contributed by atoms with E-state index in [4.69, 9.17) is 4.84 Å². The summed E-state index contributed by atoms with van der Waals surface area (Å²) in [7, 11) is 0. The number of carbonyl (C=O) groups is 2. The molecule has 0 saturated carbocycles. The van der Waals surface area contributed by atoms with E-state index < -0.39 is 11.9 Å². The molecule has 0 radical (unpaired) electrons. The predicted molar refractivity (Wildman–Crippen MR) is 94.5 cm³/mol. The molecule has 132 valence electrons. The van der Waals surface area contributed by atoms with Crippen LogP contribution in [0.2, 0.25) is 0 Å². The van der Waals surface area contributed by atoms with Crippen molar-refractivity contribution in [2.45, 2.75) is 26.4 Å². The molecule has 0 aliphatic carbocycles. The van der Waals surface area contributed by atoms with Crippen LogP contribution < -0.4 is 0 Å². The van der Waals surface area contributed by atoms with Crippen molar-refractivity contribution in [3.8, 4) is 0 Å². The van der Waals surface area contributed by atoms with Crippen molar-refractivity contribution in [2.24, 2.45) is 5.92 Å². The molecule has 0 aromatic heterocycles. The number of carbonyl (C=O) groups excluding carboxylic acids is 1. The standard InChI is InChI=1S/C20H23NO4/c1-16(22)21(25-15-18-10-6-3-7-11-18)14-19(20(23)24)13-12-17-8-4-2-5-9-17/h2-11,19H,12-15H2,1H3,(H,23,24). The zero-order valence-electron chi connectivity index (χ0n) is 14.3. The topological polar surface area (TPSA) is 66.8 Å². The van der Waals surface area contributed by atoms with E-state index in [1.165, 1.54) is 6.92 Å². The molecule has 5 nitrogen and oxygen atoms in total. The summed E-state index contributed by atoms with van der Waals surface area (Å²) in [5.41, 5.74) is 2.00. The molecule has 0 aliphatic rings. The van der Waals surface area contributed by atoms with Gasteiger partial charge < -0.3 is 5.11 Å². The Kier molecular flexibility index (Phi) is 7.16. The number of amides is 1. The van der Waals surface area contributed by atoms with Gasteiger partial charge in [0.15, 0.2) is 0 Å². The van der Waals surface area contributed by atoms with Crippen LogP contribution in [0.1, 0.15) is 24.5 Å². The van der Waals surface area contributed by atoms with Crippen LogP contribution >= 0.6 is 0 Å². The smallest absolute Gasteiger partial charge is 0.308 e. The van der Waals surface area contributed by atoms with E-state index in [9.17, 15) is 14.7 Å². The molecule has 1 amide bonds. The van der Waals surface area contributed by atoms with E-state index in [0.29, 0.717) is 12.8 Å². The maximum absolute atomic E-state index is 11.8. The van der Waals surface area contributed by atoms with Crippen LogP contribution in [-0.4, -0.2) is 28.6 Å². The molecule has 2 aromatic carbocycles. The first kappa shape index (κ1) is 18.7. The zero-order valence-corrected chi connectivity index (χ0v) is 14.3. The molecule has 0 heterocycles. The molecule has 5 heteroatoms. The van der Waals surface area contributed by atoms with E-state index in [2.05, 4.69) is 0 Å². The lowest BCUT2D eigenvalue weighted by Gasteiger charge is -2.24. The van der Waals surface area contributed by atoms with Gasteiger partial charge in [-0.25, -0.2) is 5.06 Å². The van der Waals surface area contributed by atoms with Crippen molar-refractivity contribution in [3.05, 3.63) is 71.8 Å². The molecule has 0 aliphatic heterocycles. The highest BCUT2D eigenvalue weighted by Crippen LogP contribution is 2.14. The van der Waals surface area contributed by atoms with Gasteiger partial charge in [0.1, 0.15) is 6.61 Å². The summed E-state index contributed by atoms with van der Waals surface area (Å²) in [5.74, 6) is -1.91. The number of aryl methyl sites for hydroxylation is 1. The molecular weight excluding hydrogens is 318 g/mol. The van der Waals surface area contributed by atoms with Crippen LogP contribution in [0.3, 0.4) is 0 Å². The third-order valence-corrected chi connectivity index (χ3v) is 3.94. The number of carboxylic acid groups (broad SMARTS) is 1. The van der Waals surface area contributed by atoms with Gasteiger partial charge in [0, 0.05) is 6.92 Å². The number of hydroxylamine groups is 2. The molecule has 0 spiro atoms. The average Bonchev–Trinajstić information content (AvgIpc) is 2.62. The number of carboxylic acids is 1. The number of rotatable bonds is 9. The summed E-state index contributed by atoms with van der Waals surface area (Å²) >= 11 is 0. The van der Waals surface area contributed by atoms with E-state index in [1.807, 2.05) is 60.7 Å². The van der Waals surface area contributed by atoms with Gasteiger partial charge in [-0.3, -0.25) is 14.4 Å². The molecule has 2 rings (SSSR count). The number of benzene rings is 2. The first-order valence-corrected chi connectivity index (χ1v) is 8.28. The highest BCUT2D eigenvalue weighted by Gasteiger charge is 2.23. The van der Waals surface area contributed by atoms with Crippen molar-refractivity contribution < 1.29 is 19.5 Å². The highest BCUT2D eigenvalue weighted by molar-refractivity contribution is 5.74. The lowest BCUT2D eigenvalue weighted by Crippen LogP contribution is -2.36. The molecule has 0 saturated heterocycles.